The number of nitrogens with zero attached hydrogens (tertiary/aromatic N) is 1. The Kier molecular flexibility index (Phi) is 3.69. The summed E-state index contributed by atoms with van der Waals surface area (Å²) in [7, 11) is 0. The van der Waals surface area contributed by atoms with Gasteiger partial charge in [-0.2, -0.15) is 5.26 Å². The summed E-state index contributed by atoms with van der Waals surface area (Å²) in [4.78, 5) is 10.4. The summed E-state index contributed by atoms with van der Waals surface area (Å²) in [6.45, 7) is 1.66. The molecule has 4 nitrogen and oxygen atoms in total. The van der Waals surface area contributed by atoms with Crippen LogP contribution in [0.25, 0.3) is 0 Å². The van der Waals surface area contributed by atoms with Gasteiger partial charge in [0.15, 0.2) is 0 Å². The Labute approximate surface area is 87.7 Å². The third kappa shape index (κ3) is 3.31. The van der Waals surface area contributed by atoms with Crippen molar-refractivity contribution in [3.8, 4) is 11.8 Å². The number of carbonyl (C=O) groups is 1. The zero-order chi connectivity index (χ0) is 11.3. The van der Waals surface area contributed by atoms with Crippen LogP contribution >= 0.6 is 0 Å². The molecule has 1 aromatic carbocycles. The first kappa shape index (κ1) is 11.1. The fourth-order valence-electron chi connectivity index (χ4n) is 1.17. The van der Waals surface area contributed by atoms with Crippen LogP contribution < -0.4 is 4.74 Å². The summed E-state index contributed by atoms with van der Waals surface area (Å²) in [5.74, 6) is -0.495. The predicted molar refractivity (Wildman–Crippen MR) is 53.5 cm³/mol. The molecule has 0 aliphatic carbocycles. The molecular weight excluding hydrogens is 194 g/mol. The van der Waals surface area contributed by atoms with E-state index in [2.05, 4.69) is 0 Å². The summed E-state index contributed by atoms with van der Waals surface area (Å²) in [5, 5.41) is 17.3. The molecule has 0 saturated carbocycles. The van der Waals surface area contributed by atoms with Gasteiger partial charge in [-0.1, -0.05) is 12.1 Å². The van der Waals surface area contributed by atoms with Crippen LogP contribution in [0.4, 0.5) is 0 Å². The van der Waals surface area contributed by atoms with Crippen molar-refractivity contribution in [2.24, 2.45) is 0 Å². The molecule has 1 aromatic rings. The maximum Gasteiger partial charge on any atom is 0.307 e. The zero-order valence-corrected chi connectivity index (χ0v) is 8.30. The van der Waals surface area contributed by atoms with Gasteiger partial charge in [0.1, 0.15) is 17.9 Å². The highest BCUT2D eigenvalue weighted by molar-refractivity contribution is 5.67. The number of rotatable bonds is 4. The second-order valence-electron chi connectivity index (χ2n) is 3.13. The van der Waals surface area contributed by atoms with Gasteiger partial charge >= 0.3 is 5.97 Å². The third-order valence-corrected chi connectivity index (χ3v) is 1.80. The first-order valence-electron chi connectivity index (χ1n) is 4.51. The maximum absolute atomic E-state index is 10.4. The van der Waals surface area contributed by atoms with Crippen LogP contribution in [0.15, 0.2) is 24.3 Å². The Morgan fingerprint density at radius 2 is 2.27 bits per heavy atom. The Hall–Kier alpha value is -2.02. The van der Waals surface area contributed by atoms with Gasteiger partial charge in [-0.15, -0.1) is 0 Å². The molecule has 0 heterocycles. The van der Waals surface area contributed by atoms with Gasteiger partial charge in [-0.3, -0.25) is 4.79 Å². The van der Waals surface area contributed by atoms with Crippen LogP contribution in [0, 0.1) is 11.3 Å². The second-order valence-corrected chi connectivity index (χ2v) is 3.13. The molecule has 0 aromatic heterocycles. The Balaban J connectivity index is 2.72. The van der Waals surface area contributed by atoms with E-state index >= 15 is 0 Å². The van der Waals surface area contributed by atoms with Crippen molar-refractivity contribution in [2.45, 2.75) is 19.4 Å². The van der Waals surface area contributed by atoms with Crippen LogP contribution in [0.1, 0.15) is 18.9 Å². The number of benzene rings is 1. The molecule has 0 bridgehead atoms. The largest absolute Gasteiger partial charge is 0.489 e. The third-order valence-electron chi connectivity index (χ3n) is 1.80. The molecule has 15 heavy (non-hydrogen) atoms. The topological polar surface area (TPSA) is 70.3 Å². The minimum atomic E-state index is -0.920. The van der Waals surface area contributed by atoms with Gasteiger partial charge in [-0.25, -0.2) is 0 Å². The minimum absolute atomic E-state index is 0.0836. The summed E-state index contributed by atoms with van der Waals surface area (Å²) in [6.07, 6.45) is -0.531. The van der Waals surface area contributed by atoms with Crippen molar-refractivity contribution < 1.29 is 14.6 Å². The van der Waals surface area contributed by atoms with Gasteiger partial charge in [0.05, 0.1) is 12.0 Å². The van der Waals surface area contributed by atoms with E-state index in [0.29, 0.717) is 11.3 Å². The highest BCUT2D eigenvalue weighted by Crippen LogP contribution is 2.18. The highest BCUT2D eigenvalue weighted by atomic mass is 16.5. The molecule has 1 N–H and O–H groups in total. The van der Waals surface area contributed by atoms with Crippen molar-refractivity contribution in [1.29, 1.82) is 5.26 Å². The SMILES string of the molecule is CC(CC(=O)O)Oc1ccccc1C#N. The number of hydrogen-bond acceptors (Lipinski definition) is 3. The van der Waals surface area contributed by atoms with Crippen molar-refractivity contribution >= 4 is 5.97 Å². The molecule has 0 saturated heterocycles. The molecule has 0 aliphatic rings. The van der Waals surface area contributed by atoms with Crippen molar-refractivity contribution in [3.05, 3.63) is 29.8 Å². The van der Waals surface area contributed by atoms with E-state index < -0.39 is 12.1 Å². The summed E-state index contributed by atoms with van der Waals surface area (Å²) >= 11 is 0. The average molecular weight is 205 g/mol. The van der Waals surface area contributed by atoms with E-state index in [4.69, 9.17) is 15.1 Å². The molecule has 1 unspecified atom stereocenters. The predicted octanol–water partition coefficient (Wildman–Crippen LogP) is 1.80. The van der Waals surface area contributed by atoms with Crippen LogP contribution in [0.3, 0.4) is 0 Å². The van der Waals surface area contributed by atoms with Crippen LogP contribution in [-0.4, -0.2) is 17.2 Å². The van der Waals surface area contributed by atoms with E-state index in [0.717, 1.165) is 0 Å². The summed E-state index contributed by atoms with van der Waals surface area (Å²) in [5.41, 5.74) is 0.412. The van der Waals surface area contributed by atoms with Crippen LogP contribution in [0.5, 0.6) is 5.75 Å². The number of nitriles is 1. The van der Waals surface area contributed by atoms with Crippen LogP contribution in [0.2, 0.25) is 0 Å². The Bertz CT molecular complexity index is 395. The first-order chi connectivity index (χ1) is 7.13. The molecule has 1 rings (SSSR count). The fourth-order valence-corrected chi connectivity index (χ4v) is 1.17. The van der Waals surface area contributed by atoms with Crippen molar-refractivity contribution in [2.75, 3.05) is 0 Å². The molecule has 0 aliphatic heterocycles. The number of para-hydroxylation sites is 1. The fraction of sp³-hybridized carbons (Fsp3) is 0.273. The average Bonchev–Trinajstić information content (AvgIpc) is 2.17. The standard InChI is InChI=1S/C11H11NO3/c1-8(6-11(13)14)15-10-5-3-2-4-9(10)7-12/h2-5,8H,6H2,1H3,(H,13,14). The van der Waals surface area contributed by atoms with Gasteiger partial charge in [0.2, 0.25) is 0 Å². The maximum atomic E-state index is 10.4. The highest BCUT2D eigenvalue weighted by Gasteiger charge is 2.11. The van der Waals surface area contributed by atoms with Gasteiger partial charge in [0, 0.05) is 0 Å². The number of ether oxygens (including phenoxy) is 1. The molecule has 0 fully saturated rings. The number of carboxylic acids is 1. The lowest BCUT2D eigenvalue weighted by atomic mass is 10.2. The lowest BCUT2D eigenvalue weighted by Crippen LogP contribution is -2.17. The molecular formula is C11H11NO3. The minimum Gasteiger partial charge on any atom is -0.489 e. The van der Waals surface area contributed by atoms with E-state index in [1.807, 2.05) is 6.07 Å². The molecule has 1 atom stereocenters. The monoisotopic (exact) mass is 205 g/mol. The summed E-state index contributed by atoms with van der Waals surface area (Å²) in [6, 6.07) is 8.73. The lowest BCUT2D eigenvalue weighted by Gasteiger charge is -2.13. The number of hydrogen-bond donors (Lipinski definition) is 1. The first-order valence-corrected chi connectivity index (χ1v) is 4.51. The Morgan fingerprint density at radius 3 is 2.87 bits per heavy atom. The van der Waals surface area contributed by atoms with Gasteiger partial charge in [-0.05, 0) is 19.1 Å². The van der Waals surface area contributed by atoms with Crippen LogP contribution in [-0.2, 0) is 4.79 Å². The van der Waals surface area contributed by atoms with Gasteiger partial charge < -0.3 is 9.84 Å². The second kappa shape index (κ2) is 5.01. The van der Waals surface area contributed by atoms with E-state index in [1.165, 1.54) is 0 Å². The number of aliphatic carboxylic acids is 1. The molecule has 4 heteroatoms. The molecule has 0 spiro atoms. The quantitative estimate of drug-likeness (QED) is 0.813. The lowest BCUT2D eigenvalue weighted by molar-refractivity contribution is -0.138. The smallest absolute Gasteiger partial charge is 0.307 e. The summed E-state index contributed by atoms with van der Waals surface area (Å²) < 4.78 is 5.34. The Morgan fingerprint density at radius 1 is 1.60 bits per heavy atom. The number of carboxylic acid groups (broad SMARTS) is 1. The van der Waals surface area contributed by atoms with E-state index in [9.17, 15) is 4.79 Å². The van der Waals surface area contributed by atoms with Crippen molar-refractivity contribution in [3.63, 3.8) is 0 Å². The molecule has 0 amide bonds. The van der Waals surface area contributed by atoms with Gasteiger partial charge in [0.25, 0.3) is 0 Å². The van der Waals surface area contributed by atoms with Crippen molar-refractivity contribution in [1.82, 2.24) is 0 Å². The molecule has 78 valence electrons. The normalized spacial score (nSPS) is 11.5. The van der Waals surface area contributed by atoms with E-state index in [-0.39, 0.29) is 6.42 Å². The molecule has 0 radical (unpaired) electrons. The van der Waals surface area contributed by atoms with E-state index in [1.54, 1.807) is 31.2 Å². The zero-order valence-electron chi connectivity index (χ0n) is 8.30.